The van der Waals surface area contributed by atoms with E-state index in [2.05, 4.69) is 34.2 Å². The van der Waals surface area contributed by atoms with E-state index >= 15 is 0 Å². The Kier molecular flexibility index (Phi) is 5.21. The van der Waals surface area contributed by atoms with Gasteiger partial charge in [0.2, 0.25) is 0 Å². The van der Waals surface area contributed by atoms with E-state index in [0.29, 0.717) is 18.2 Å². The van der Waals surface area contributed by atoms with Crippen LogP contribution in [0, 0.1) is 0 Å². The summed E-state index contributed by atoms with van der Waals surface area (Å²) in [4.78, 5) is 20.5. The Morgan fingerprint density at radius 2 is 2.15 bits per heavy atom. The molecular formula is C13H18Cl2N4O. The van der Waals surface area contributed by atoms with Gasteiger partial charge < -0.3 is 10.2 Å². The number of pyridine rings is 1. The standard InChI is InChI=1S/C13H18Cl2N4O/c1-18-5-6-19(2)9(8-18)7-16-13(20)10-3-4-11(14)17-12(10)15/h3-4,9H,5-8H2,1-2H3,(H,16,20). The van der Waals surface area contributed by atoms with Crippen molar-refractivity contribution in [3.63, 3.8) is 0 Å². The van der Waals surface area contributed by atoms with Crippen LogP contribution in [0.1, 0.15) is 10.4 Å². The Labute approximate surface area is 128 Å². The van der Waals surface area contributed by atoms with Crippen LogP contribution in [0.15, 0.2) is 12.1 Å². The summed E-state index contributed by atoms with van der Waals surface area (Å²) in [6, 6.07) is 3.45. The van der Waals surface area contributed by atoms with Crippen molar-refractivity contribution in [1.29, 1.82) is 0 Å². The fourth-order valence-corrected chi connectivity index (χ4v) is 2.64. The Morgan fingerprint density at radius 3 is 2.85 bits per heavy atom. The first-order valence-electron chi connectivity index (χ1n) is 6.46. The smallest absolute Gasteiger partial charge is 0.254 e. The Balaban J connectivity index is 1.94. The summed E-state index contributed by atoms with van der Waals surface area (Å²) >= 11 is 11.6. The zero-order chi connectivity index (χ0) is 14.7. The molecule has 0 radical (unpaired) electrons. The molecule has 1 aromatic rings. The number of likely N-dealkylation sites (N-methyl/N-ethyl adjacent to an activating group) is 2. The van der Waals surface area contributed by atoms with Gasteiger partial charge in [0.1, 0.15) is 10.3 Å². The Bertz CT molecular complexity index is 497. The Hall–Kier alpha value is -0.880. The number of carbonyl (C=O) groups is 1. The molecule has 1 atom stereocenters. The van der Waals surface area contributed by atoms with E-state index < -0.39 is 0 Å². The van der Waals surface area contributed by atoms with Gasteiger partial charge in [-0.15, -0.1) is 0 Å². The van der Waals surface area contributed by atoms with Gasteiger partial charge in [0, 0.05) is 32.2 Å². The van der Waals surface area contributed by atoms with Crippen molar-refractivity contribution in [1.82, 2.24) is 20.1 Å². The van der Waals surface area contributed by atoms with E-state index in [0.717, 1.165) is 19.6 Å². The van der Waals surface area contributed by atoms with Crippen LogP contribution in [-0.4, -0.2) is 67.0 Å². The molecule has 1 N–H and O–H groups in total. The van der Waals surface area contributed by atoms with Crippen molar-refractivity contribution in [2.24, 2.45) is 0 Å². The molecule has 1 fully saturated rings. The van der Waals surface area contributed by atoms with Gasteiger partial charge in [0.15, 0.2) is 0 Å². The van der Waals surface area contributed by atoms with Crippen LogP contribution in [0.25, 0.3) is 0 Å². The van der Waals surface area contributed by atoms with Crippen molar-refractivity contribution in [2.45, 2.75) is 6.04 Å². The first-order chi connectivity index (χ1) is 9.47. The van der Waals surface area contributed by atoms with Crippen molar-refractivity contribution < 1.29 is 4.79 Å². The summed E-state index contributed by atoms with van der Waals surface area (Å²) < 4.78 is 0. The number of halogens is 2. The average Bonchev–Trinajstić information content (AvgIpc) is 2.39. The second-order valence-electron chi connectivity index (χ2n) is 5.08. The molecule has 5 nitrogen and oxygen atoms in total. The van der Waals surface area contributed by atoms with Crippen LogP contribution in [0.5, 0.6) is 0 Å². The minimum Gasteiger partial charge on any atom is -0.350 e. The predicted molar refractivity (Wildman–Crippen MR) is 80.5 cm³/mol. The molecule has 0 spiro atoms. The summed E-state index contributed by atoms with van der Waals surface area (Å²) in [5, 5.41) is 3.31. The lowest BCUT2D eigenvalue weighted by atomic mass is 10.2. The van der Waals surface area contributed by atoms with E-state index in [1.807, 2.05) is 0 Å². The highest BCUT2D eigenvalue weighted by Gasteiger charge is 2.23. The highest BCUT2D eigenvalue weighted by Crippen LogP contribution is 2.16. The monoisotopic (exact) mass is 316 g/mol. The number of nitrogens with zero attached hydrogens (tertiary/aromatic N) is 3. The molecule has 1 aromatic heterocycles. The molecule has 0 aliphatic carbocycles. The first-order valence-corrected chi connectivity index (χ1v) is 7.22. The summed E-state index contributed by atoms with van der Waals surface area (Å²) in [7, 11) is 4.16. The number of hydrogen-bond acceptors (Lipinski definition) is 4. The SMILES string of the molecule is CN1CCN(C)C(CNC(=O)c2ccc(Cl)nc2Cl)C1. The molecule has 2 rings (SSSR count). The average molecular weight is 317 g/mol. The Morgan fingerprint density at radius 1 is 1.40 bits per heavy atom. The topological polar surface area (TPSA) is 48.5 Å². The van der Waals surface area contributed by atoms with Crippen molar-refractivity contribution in [2.75, 3.05) is 40.3 Å². The summed E-state index contributed by atoms with van der Waals surface area (Å²) in [6.07, 6.45) is 0. The maximum absolute atomic E-state index is 12.1. The van der Waals surface area contributed by atoms with Gasteiger partial charge >= 0.3 is 0 Å². The predicted octanol–water partition coefficient (Wildman–Crippen LogP) is 1.36. The fraction of sp³-hybridized carbons (Fsp3) is 0.538. The number of piperazine rings is 1. The molecule has 7 heteroatoms. The van der Waals surface area contributed by atoms with E-state index in [1.165, 1.54) is 0 Å². The van der Waals surface area contributed by atoms with Gasteiger partial charge in [-0.05, 0) is 26.2 Å². The van der Waals surface area contributed by atoms with Gasteiger partial charge in [0.05, 0.1) is 5.56 Å². The third-order valence-corrected chi connectivity index (χ3v) is 4.04. The molecule has 1 saturated heterocycles. The van der Waals surface area contributed by atoms with Gasteiger partial charge in [-0.2, -0.15) is 0 Å². The fourth-order valence-electron chi connectivity index (χ4n) is 2.21. The van der Waals surface area contributed by atoms with E-state index in [1.54, 1.807) is 12.1 Å². The van der Waals surface area contributed by atoms with Gasteiger partial charge in [-0.1, -0.05) is 23.2 Å². The van der Waals surface area contributed by atoms with Crippen LogP contribution < -0.4 is 5.32 Å². The van der Waals surface area contributed by atoms with Gasteiger partial charge in [-0.3, -0.25) is 9.69 Å². The molecule has 1 amide bonds. The largest absolute Gasteiger partial charge is 0.350 e. The highest BCUT2D eigenvalue weighted by molar-refractivity contribution is 6.34. The minimum absolute atomic E-state index is 0.129. The number of hydrogen-bond donors (Lipinski definition) is 1. The zero-order valence-corrected chi connectivity index (χ0v) is 13.1. The highest BCUT2D eigenvalue weighted by atomic mass is 35.5. The minimum atomic E-state index is -0.221. The van der Waals surface area contributed by atoms with Crippen LogP contribution in [0.4, 0.5) is 0 Å². The molecule has 1 aliphatic heterocycles. The summed E-state index contributed by atoms with van der Waals surface area (Å²) in [5.74, 6) is -0.221. The maximum atomic E-state index is 12.1. The zero-order valence-electron chi connectivity index (χ0n) is 11.6. The lowest BCUT2D eigenvalue weighted by Crippen LogP contribution is -2.54. The lowest BCUT2D eigenvalue weighted by molar-refractivity contribution is 0.0881. The van der Waals surface area contributed by atoms with E-state index in [-0.39, 0.29) is 16.2 Å². The third kappa shape index (κ3) is 3.82. The molecule has 0 aromatic carbocycles. The molecule has 1 aliphatic rings. The second-order valence-corrected chi connectivity index (χ2v) is 5.82. The molecule has 2 heterocycles. The van der Waals surface area contributed by atoms with Gasteiger partial charge in [-0.25, -0.2) is 4.98 Å². The number of amides is 1. The molecular weight excluding hydrogens is 299 g/mol. The molecule has 0 saturated carbocycles. The van der Waals surface area contributed by atoms with E-state index in [4.69, 9.17) is 23.2 Å². The maximum Gasteiger partial charge on any atom is 0.254 e. The van der Waals surface area contributed by atoms with Crippen molar-refractivity contribution in [3.8, 4) is 0 Å². The molecule has 110 valence electrons. The van der Waals surface area contributed by atoms with E-state index in [9.17, 15) is 4.79 Å². The van der Waals surface area contributed by atoms with Crippen LogP contribution in [0.2, 0.25) is 10.3 Å². The molecule has 20 heavy (non-hydrogen) atoms. The van der Waals surface area contributed by atoms with Crippen LogP contribution in [-0.2, 0) is 0 Å². The normalized spacial score (nSPS) is 20.9. The van der Waals surface area contributed by atoms with Crippen molar-refractivity contribution in [3.05, 3.63) is 28.0 Å². The van der Waals surface area contributed by atoms with Crippen LogP contribution in [0.3, 0.4) is 0 Å². The number of nitrogens with one attached hydrogen (secondary N) is 1. The quantitative estimate of drug-likeness (QED) is 0.856. The second kappa shape index (κ2) is 6.72. The lowest BCUT2D eigenvalue weighted by Gasteiger charge is -2.37. The number of rotatable bonds is 3. The number of carbonyl (C=O) groups excluding carboxylic acids is 1. The number of aromatic nitrogens is 1. The summed E-state index contributed by atoms with van der Waals surface area (Å²) in [5.41, 5.74) is 0.350. The van der Waals surface area contributed by atoms with Gasteiger partial charge in [0.25, 0.3) is 5.91 Å². The molecule has 0 bridgehead atoms. The van der Waals surface area contributed by atoms with Crippen molar-refractivity contribution >= 4 is 29.1 Å². The first kappa shape index (κ1) is 15.5. The summed E-state index contributed by atoms with van der Waals surface area (Å²) in [6.45, 7) is 3.57. The molecule has 1 unspecified atom stereocenters. The third-order valence-electron chi connectivity index (χ3n) is 3.54. The van der Waals surface area contributed by atoms with Crippen LogP contribution >= 0.6 is 23.2 Å².